The van der Waals surface area contributed by atoms with Gasteiger partial charge in [-0.3, -0.25) is 14.5 Å². The van der Waals surface area contributed by atoms with Gasteiger partial charge in [-0.25, -0.2) is 8.42 Å². The van der Waals surface area contributed by atoms with Gasteiger partial charge in [-0.15, -0.1) is 0 Å². The Morgan fingerprint density at radius 2 is 1.70 bits per heavy atom. The molecule has 5 rings (SSSR count). The molecule has 232 valence electrons. The number of aryl methyl sites for hydroxylation is 2. The Balaban J connectivity index is 1.25. The summed E-state index contributed by atoms with van der Waals surface area (Å²) in [5.74, 6) is -0.413. The molecule has 2 N–H and O–H groups in total. The number of nitrogens with one attached hydrogen (secondary N) is 2. The number of fused-ring (bicyclic) bond motifs is 1. The van der Waals surface area contributed by atoms with Crippen LogP contribution in [0.1, 0.15) is 52.5 Å². The van der Waals surface area contributed by atoms with Crippen LogP contribution in [0, 0.1) is 19.8 Å². The Labute approximate surface area is 263 Å². The topological polar surface area (TPSA) is 109 Å². The summed E-state index contributed by atoms with van der Waals surface area (Å²) < 4.78 is 33.0. The number of halogens is 1. The van der Waals surface area contributed by atoms with Crippen LogP contribution in [-0.4, -0.2) is 56.4 Å². The molecule has 0 atom stereocenters. The van der Waals surface area contributed by atoms with E-state index in [1.54, 1.807) is 37.3 Å². The number of amides is 1. The number of hydrogen-bond acceptors (Lipinski definition) is 6. The highest BCUT2D eigenvalue weighted by Gasteiger charge is 2.31. The number of benzene rings is 3. The molecule has 0 saturated carbocycles. The lowest BCUT2D eigenvalue weighted by Crippen LogP contribution is -2.38. The largest absolute Gasteiger partial charge is 0.466 e. The molecule has 1 saturated heterocycles. The first-order valence-corrected chi connectivity index (χ1v) is 16.8. The molecule has 0 unspecified atom stereocenters. The van der Waals surface area contributed by atoms with Crippen molar-refractivity contribution < 1.29 is 22.7 Å². The second-order valence-corrected chi connectivity index (χ2v) is 13.9. The number of rotatable bonds is 10. The number of carbonyl (C=O) groups excluding carboxylic acids is 2. The molecular weight excluding hydrogens is 598 g/mol. The van der Waals surface area contributed by atoms with E-state index in [0.717, 1.165) is 54.7 Å². The van der Waals surface area contributed by atoms with Crippen LogP contribution in [0.2, 0.25) is 5.02 Å². The minimum absolute atomic E-state index is 0.0153. The first-order chi connectivity index (χ1) is 21.0. The molecule has 3 aromatic carbocycles. The van der Waals surface area contributed by atoms with E-state index in [1.165, 1.54) is 0 Å². The van der Waals surface area contributed by atoms with Gasteiger partial charge in [0, 0.05) is 29.0 Å². The number of aromatic nitrogens is 1. The summed E-state index contributed by atoms with van der Waals surface area (Å²) in [6.45, 7) is 8.85. The molecular formula is C34H38ClN3O5S. The molecule has 44 heavy (non-hydrogen) atoms. The molecule has 0 radical (unpaired) electrons. The third kappa shape index (κ3) is 7.34. The van der Waals surface area contributed by atoms with Crippen LogP contribution >= 0.6 is 11.6 Å². The zero-order chi connectivity index (χ0) is 31.4. The number of sulfone groups is 1. The highest BCUT2D eigenvalue weighted by atomic mass is 35.5. The molecule has 1 aromatic heterocycles. The highest BCUT2D eigenvalue weighted by Crippen LogP contribution is 2.34. The molecule has 1 amide bonds. The maximum Gasteiger partial charge on any atom is 0.310 e. The molecule has 8 nitrogen and oxygen atoms in total. The number of piperidine rings is 1. The van der Waals surface area contributed by atoms with Crippen LogP contribution in [0.15, 0.2) is 70.5 Å². The minimum atomic E-state index is -4.04. The van der Waals surface area contributed by atoms with Crippen LogP contribution < -0.4 is 5.32 Å². The number of nitrogens with zero attached hydrogens (tertiary/aromatic N) is 1. The molecule has 10 heteroatoms. The lowest BCUT2D eigenvalue weighted by molar-refractivity contribution is -0.142. The van der Waals surface area contributed by atoms with Crippen molar-refractivity contribution in [3.05, 3.63) is 93.6 Å². The van der Waals surface area contributed by atoms with Crippen molar-refractivity contribution in [1.82, 2.24) is 15.2 Å². The van der Waals surface area contributed by atoms with Crippen molar-refractivity contribution in [3.63, 3.8) is 0 Å². The fourth-order valence-electron chi connectivity index (χ4n) is 5.93. The number of aromatic amines is 1. The average Bonchev–Trinajstić information content (AvgIpc) is 3.36. The van der Waals surface area contributed by atoms with Crippen molar-refractivity contribution in [2.75, 3.05) is 26.2 Å². The Hall–Kier alpha value is -3.66. The molecule has 4 aromatic rings. The molecule has 0 aliphatic carbocycles. The van der Waals surface area contributed by atoms with Crippen molar-refractivity contribution in [1.29, 1.82) is 0 Å². The Morgan fingerprint density at radius 3 is 2.41 bits per heavy atom. The molecule has 0 bridgehead atoms. The predicted molar refractivity (Wildman–Crippen MR) is 172 cm³/mol. The minimum Gasteiger partial charge on any atom is -0.466 e. The van der Waals surface area contributed by atoms with Crippen molar-refractivity contribution in [2.24, 2.45) is 5.92 Å². The fraction of sp³-hybridized carbons (Fsp3) is 0.353. The highest BCUT2D eigenvalue weighted by molar-refractivity contribution is 7.91. The Morgan fingerprint density at radius 1 is 1.00 bits per heavy atom. The third-order valence-electron chi connectivity index (χ3n) is 8.02. The van der Waals surface area contributed by atoms with Gasteiger partial charge in [0.2, 0.25) is 9.84 Å². The molecule has 0 spiro atoms. The third-order valence-corrected chi connectivity index (χ3v) is 10.1. The number of carbonyl (C=O) groups is 2. The fourth-order valence-corrected chi connectivity index (χ4v) is 7.89. The van der Waals surface area contributed by atoms with Crippen LogP contribution in [0.25, 0.3) is 10.9 Å². The standard InChI is InChI=1S/C34H38ClN3O5S/c1-4-43-31(39)18-25-6-5-7-26(17-25)21-38-12-10-24(11-13-38)20-36-34(40)32-33(29-19-27(35)8-9-30(29)37-32)44(41,42)28-15-22(2)14-23(3)16-28/h5-9,14-17,19,24,37H,4,10-13,18,20-21H2,1-3H3,(H,36,40). The van der Waals surface area contributed by atoms with Gasteiger partial charge in [-0.1, -0.05) is 41.9 Å². The second-order valence-electron chi connectivity index (χ2n) is 11.6. The number of esters is 1. The maximum absolute atomic E-state index is 14.0. The molecule has 1 fully saturated rings. The maximum atomic E-state index is 14.0. The van der Waals surface area contributed by atoms with E-state index < -0.39 is 15.7 Å². The molecule has 1 aliphatic heterocycles. The van der Waals surface area contributed by atoms with Crippen LogP contribution in [0.5, 0.6) is 0 Å². The lowest BCUT2D eigenvalue weighted by atomic mass is 9.96. The number of likely N-dealkylation sites (tertiary alicyclic amines) is 1. The summed E-state index contributed by atoms with van der Waals surface area (Å²) in [6.07, 6.45) is 2.07. The summed E-state index contributed by atoms with van der Waals surface area (Å²) in [7, 11) is -4.04. The van der Waals surface area contributed by atoms with E-state index in [-0.39, 0.29) is 33.8 Å². The number of ether oxygens (including phenoxy) is 1. The number of hydrogen-bond donors (Lipinski definition) is 2. The van der Waals surface area contributed by atoms with Crippen LogP contribution in [0.3, 0.4) is 0 Å². The monoisotopic (exact) mass is 635 g/mol. The van der Waals surface area contributed by atoms with Crippen molar-refractivity contribution in [3.8, 4) is 0 Å². The van der Waals surface area contributed by atoms with Crippen LogP contribution in [-0.2, 0) is 32.3 Å². The summed E-state index contributed by atoms with van der Waals surface area (Å²) in [5, 5.41) is 3.78. The van der Waals surface area contributed by atoms with Gasteiger partial charge in [0.25, 0.3) is 5.91 Å². The van der Waals surface area contributed by atoms with Gasteiger partial charge in [-0.2, -0.15) is 0 Å². The lowest BCUT2D eigenvalue weighted by Gasteiger charge is -2.32. The van der Waals surface area contributed by atoms with E-state index in [2.05, 4.69) is 27.3 Å². The van der Waals surface area contributed by atoms with E-state index in [1.807, 2.05) is 32.0 Å². The van der Waals surface area contributed by atoms with Gasteiger partial charge >= 0.3 is 5.97 Å². The van der Waals surface area contributed by atoms with E-state index >= 15 is 0 Å². The summed E-state index contributed by atoms with van der Waals surface area (Å²) in [5.41, 5.74) is 4.28. The quantitative estimate of drug-likeness (QED) is 0.206. The predicted octanol–water partition coefficient (Wildman–Crippen LogP) is 6.02. The zero-order valence-electron chi connectivity index (χ0n) is 25.3. The summed E-state index contributed by atoms with van der Waals surface area (Å²) in [4.78, 5) is 30.9. The van der Waals surface area contributed by atoms with Crippen molar-refractivity contribution in [2.45, 2.75) is 56.4 Å². The van der Waals surface area contributed by atoms with Crippen LogP contribution in [0.4, 0.5) is 0 Å². The van der Waals surface area contributed by atoms with Gasteiger partial charge in [0.05, 0.1) is 17.9 Å². The smallest absolute Gasteiger partial charge is 0.310 e. The first kappa shape index (κ1) is 31.8. The van der Waals surface area contributed by atoms with Gasteiger partial charge in [0.15, 0.2) is 0 Å². The Bertz CT molecular complexity index is 1770. The summed E-state index contributed by atoms with van der Waals surface area (Å²) >= 11 is 6.26. The zero-order valence-corrected chi connectivity index (χ0v) is 26.9. The van der Waals surface area contributed by atoms with E-state index in [9.17, 15) is 18.0 Å². The normalized spacial score (nSPS) is 14.5. The van der Waals surface area contributed by atoms with Gasteiger partial charge in [0.1, 0.15) is 10.6 Å². The average molecular weight is 636 g/mol. The Kier molecular flexibility index (Phi) is 9.78. The van der Waals surface area contributed by atoms with Crippen molar-refractivity contribution >= 4 is 44.2 Å². The molecule has 2 heterocycles. The van der Waals surface area contributed by atoms with Gasteiger partial charge in [-0.05, 0) is 105 Å². The molecule has 1 aliphatic rings. The SMILES string of the molecule is CCOC(=O)Cc1cccc(CN2CCC(CNC(=O)c3[nH]c4ccc(Cl)cc4c3S(=O)(=O)c3cc(C)cc(C)c3)CC2)c1. The first-order valence-electron chi connectivity index (χ1n) is 14.9. The van der Waals surface area contributed by atoms with E-state index in [4.69, 9.17) is 16.3 Å². The van der Waals surface area contributed by atoms with E-state index in [0.29, 0.717) is 29.1 Å². The number of H-pyrrole nitrogens is 1. The second kappa shape index (κ2) is 13.5. The summed E-state index contributed by atoms with van der Waals surface area (Å²) in [6, 6.07) is 18.1. The van der Waals surface area contributed by atoms with Gasteiger partial charge < -0.3 is 15.0 Å².